The van der Waals surface area contributed by atoms with Crippen molar-refractivity contribution in [3.63, 3.8) is 0 Å². The third kappa shape index (κ3) is 9.25. The summed E-state index contributed by atoms with van der Waals surface area (Å²) in [5.74, 6) is 0. The van der Waals surface area contributed by atoms with E-state index >= 15 is 0 Å². The first-order valence-electron chi connectivity index (χ1n) is 12.1. The molecule has 0 amide bonds. The third-order valence-corrected chi connectivity index (χ3v) is 5.81. The highest BCUT2D eigenvalue weighted by Crippen LogP contribution is 2.30. The lowest BCUT2D eigenvalue weighted by atomic mass is 10.0. The van der Waals surface area contributed by atoms with Gasteiger partial charge in [-0.05, 0) is 30.7 Å². The summed E-state index contributed by atoms with van der Waals surface area (Å²) in [6, 6.07) is 5.56. The number of anilines is 3. The standard InChI is InChI=1S/C26H43N3O/c1-2-3-4-5-6-7-8-9-10-11-12-16-21-30-26(19-14-13-15-20-26)29-25-18-17-23(27)22-24(25)28/h13-15,17-19,22,29H,2-12,16,20-21,27-28H2,1H3. The van der Waals surface area contributed by atoms with E-state index in [1.165, 1.54) is 70.6 Å². The Morgan fingerprint density at radius 2 is 1.50 bits per heavy atom. The maximum Gasteiger partial charge on any atom is 0.161 e. The zero-order chi connectivity index (χ0) is 21.5. The van der Waals surface area contributed by atoms with Crippen molar-refractivity contribution in [1.29, 1.82) is 0 Å². The predicted molar refractivity (Wildman–Crippen MR) is 132 cm³/mol. The van der Waals surface area contributed by atoms with Crippen LogP contribution in [0.3, 0.4) is 0 Å². The SMILES string of the molecule is CCCCCCCCCCCCCCOC1(Nc2ccc(N)cc2N)C=CC=CC1. The average Bonchev–Trinajstić information content (AvgIpc) is 2.74. The monoisotopic (exact) mass is 413 g/mol. The number of ether oxygens (including phenoxy) is 1. The van der Waals surface area contributed by atoms with Crippen LogP contribution in [0.15, 0.2) is 42.5 Å². The van der Waals surface area contributed by atoms with Crippen molar-refractivity contribution in [1.82, 2.24) is 0 Å². The van der Waals surface area contributed by atoms with Crippen molar-refractivity contribution < 1.29 is 4.74 Å². The summed E-state index contributed by atoms with van der Waals surface area (Å²) < 4.78 is 6.32. The minimum absolute atomic E-state index is 0.531. The van der Waals surface area contributed by atoms with Crippen LogP contribution in [0.1, 0.15) is 90.4 Å². The van der Waals surface area contributed by atoms with Crippen LogP contribution in [0.25, 0.3) is 0 Å². The Balaban J connectivity index is 1.60. The van der Waals surface area contributed by atoms with Crippen molar-refractivity contribution in [2.45, 2.75) is 96.1 Å². The summed E-state index contributed by atoms with van der Waals surface area (Å²) in [5, 5.41) is 3.49. The molecular formula is C26H43N3O. The van der Waals surface area contributed by atoms with Gasteiger partial charge < -0.3 is 21.5 Å². The van der Waals surface area contributed by atoms with Crippen LogP contribution in [0, 0.1) is 0 Å². The summed E-state index contributed by atoms with van der Waals surface area (Å²) in [5.41, 5.74) is 13.6. The molecule has 168 valence electrons. The fraction of sp³-hybridized carbons (Fsp3) is 0.615. The quantitative estimate of drug-likeness (QED) is 0.152. The van der Waals surface area contributed by atoms with E-state index in [9.17, 15) is 0 Å². The fourth-order valence-electron chi connectivity index (χ4n) is 3.96. The molecule has 0 radical (unpaired) electrons. The van der Waals surface area contributed by atoms with E-state index in [1.807, 2.05) is 18.2 Å². The van der Waals surface area contributed by atoms with Gasteiger partial charge in [-0.2, -0.15) is 0 Å². The van der Waals surface area contributed by atoms with Crippen LogP contribution in [0.4, 0.5) is 17.1 Å². The number of nitrogens with one attached hydrogen (secondary N) is 1. The van der Waals surface area contributed by atoms with Gasteiger partial charge in [0.25, 0.3) is 0 Å². The number of hydrogen-bond donors (Lipinski definition) is 3. The van der Waals surface area contributed by atoms with Gasteiger partial charge in [0.05, 0.1) is 11.4 Å². The lowest BCUT2D eigenvalue weighted by Crippen LogP contribution is -2.40. The zero-order valence-electron chi connectivity index (χ0n) is 19.0. The lowest BCUT2D eigenvalue weighted by Gasteiger charge is -2.34. The van der Waals surface area contributed by atoms with Crippen LogP contribution >= 0.6 is 0 Å². The lowest BCUT2D eigenvalue weighted by molar-refractivity contribution is 0.0119. The summed E-state index contributed by atoms with van der Waals surface area (Å²) in [6.07, 6.45) is 25.3. The predicted octanol–water partition coefficient (Wildman–Crippen LogP) is 7.19. The molecule has 4 nitrogen and oxygen atoms in total. The molecule has 0 aliphatic heterocycles. The molecule has 1 aliphatic carbocycles. The molecule has 2 rings (SSSR count). The molecule has 0 aromatic heterocycles. The molecule has 1 aromatic carbocycles. The molecule has 0 heterocycles. The third-order valence-electron chi connectivity index (χ3n) is 5.81. The summed E-state index contributed by atoms with van der Waals surface area (Å²) in [7, 11) is 0. The number of benzene rings is 1. The normalized spacial score (nSPS) is 18.0. The highest BCUT2D eigenvalue weighted by atomic mass is 16.5. The number of rotatable bonds is 16. The Morgan fingerprint density at radius 1 is 0.867 bits per heavy atom. The average molecular weight is 414 g/mol. The summed E-state index contributed by atoms with van der Waals surface area (Å²) >= 11 is 0. The highest BCUT2D eigenvalue weighted by molar-refractivity contribution is 5.71. The molecule has 1 atom stereocenters. The van der Waals surface area contributed by atoms with Gasteiger partial charge in [-0.15, -0.1) is 0 Å². The second-order valence-electron chi connectivity index (χ2n) is 8.59. The Morgan fingerprint density at radius 3 is 2.07 bits per heavy atom. The first-order valence-corrected chi connectivity index (χ1v) is 12.1. The van der Waals surface area contributed by atoms with Crippen LogP contribution < -0.4 is 16.8 Å². The molecule has 0 fully saturated rings. The topological polar surface area (TPSA) is 73.3 Å². The molecule has 30 heavy (non-hydrogen) atoms. The molecule has 0 saturated heterocycles. The maximum absolute atomic E-state index is 6.32. The minimum atomic E-state index is -0.531. The van der Waals surface area contributed by atoms with Crippen molar-refractivity contribution in [2.24, 2.45) is 0 Å². The van der Waals surface area contributed by atoms with Crippen LogP contribution in [0.5, 0.6) is 0 Å². The van der Waals surface area contributed by atoms with Gasteiger partial charge in [-0.25, -0.2) is 0 Å². The first kappa shape index (κ1) is 24.3. The molecule has 1 aromatic rings. The van der Waals surface area contributed by atoms with Crippen LogP contribution in [-0.4, -0.2) is 12.3 Å². The number of hydrogen-bond acceptors (Lipinski definition) is 4. The summed E-state index contributed by atoms with van der Waals surface area (Å²) in [6.45, 7) is 3.03. The van der Waals surface area contributed by atoms with E-state index in [-0.39, 0.29) is 0 Å². The Bertz CT molecular complexity index is 656. The number of nitrogens with two attached hydrogens (primary N) is 2. The Kier molecular flexibility index (Phi) is 11.5. The molecule has 5 N–H and O–H groups in total. The van der Waals surface area contributed by atoms with E-state index in [2.05, 4.69) is 30.5 Å². The second-order valence-corrected chi connectivity index (χ2v) is 8.59. The molecule has 4 heteroatoms. The van der Waals surface area contributed by atoms with Crippen molar-refractivity contribution in [2.75, 3.05) is 23.4 Å². The Hall–Kier alpha value is -1.94. The Labute approximate surface area is 184 Å². The van der Waals surface area contributed by atoms with E-state index < -0.39 is 5.72 Å². The molecule has 0 saturated carbocycles. The van der Waals surface area contributed by atoms with Gasteiger partial charge in [0.15, 0.2) is 5.72 Å². The molecule has 0 bridgehead atoms. The van der Waals surface area contributed by atoms with Gasteiger partial charge >= 0.3 is 0 Å². The van der Waals surface area contributed by atoms with E-state index in [0.717, 1.165) is 25.1 Å². The van der Waals surface area contributed by atoms with E-state index in [1.54, 1.807) is 6.07 Å². The molecule has 1 unspecified atom stereocenters. The molecule has 1 aliphatic rings. The van der Waals surface area contributed by atoms with Gasteiger partial charge in [-0.3, -0.25) is 0 Å². The zero-order valence-corrected chi connectivity index (χ0v) is 19.0. The van der Waals surface area contributed by atoms with Gasteiger partial charge in [0.1, 0.15) is 0 Å². The number of unbranched alkanes of at least 4 members (excludes halogenated alkanes) is 11. The van der Waals surface area contributed by atoms with Crippen LogP contribution in [-0.2, 0) is 4.74 Å². The molecular weight excluding hydrogens is 370 g/mol. The van der Waals surface area contributed by atoms with Crippen molar-refractivity contribution in [3.8, 4) is 0 Å². The van der Waals surface area contributed by atoms with E-state index in [0.29, 0.717) is 11.4 Å². The first-order chi connectivity index (χ1) is 14.7. The van der Waals surface area contributed by atoms with Gasteiger partial charge in [-0.1, -0.05) is 95.8 Å². The van der Waals surface area contributed by atoms with E-state index in [4.69, 9.17) is 16.2 Å². The van der Waals surface area contributed by atoms with Gasteiger partial charge in [0, 0.05) is 18.7 Å². The number of nitrogen functional groups attached to an aromatic ring is 2. The second kappa shape index (κ2) is 14.1. The van der Waals surface area contributed by atoms with Crippen molar-refractivity contribution in [3.05, 3.63) is 42.5 Å². The van der Waals surface area contributed by atoms with Crippen molar-refractivity contribution >= 4 is 17.1 Å². The fourth-order valence-corrected chi connectivity index (χ4v) is 3.96. The highest BCUT2D eigenvalue weighted by Gasteiger charge is 2.28. The molecule has 0 spiro atoms. The smallest absolute Gasteiger partial charge is 0.161 e. The largest absolute Gasteiger partial charge is 0.399 e. The minimum Gasteiger partial charge on any atom is -0.399 e. The number of allylic oxidation sites excluding steroid dienone is 2. The summed E-state index contributed by atoms with van der Waals surface area (Å²) in [4.78, 5) is 0. The maximum atomic E-state index is 6.32. The van der Waals surface area contributed by atoms with Gasteiger partial charge in [0.2, 0.25) is 0 Å². The van der Waals surface area contributed by atoms with Crippen LogP contribution in [0.2, 0.25) is 0 Å².